The lowest BCUT2D eigenvalue weighted by atomic mass is 10.1. The summed E-state index contributed by atoms with van der Waals surface area (Å²) < 4.78 is 0. The van der Waals surface area contributed by atoms with Gasteiger partial charge < -0.3 is 15.5 Å². The normalized spacial score (nSPS) is 16.5. The molecule has 0 amide bonds. The monoisotopic (exact) mass is 161 g/mol. The van der Waals surface area contributed by atoms with E-state index in [4.69, 9.17) is 10.2 Å². The molecule has 0 heterocycles. The average molecular weight is 161 g/mol. The molecule has 0 aliphatic carbocycles. The molecule has 66 valence electrons. The van der Waals surface area contributed by atoms with Gasteiger partial charge in [0.2, 0.25) is 0 Å². The highest BCUT2D eigenvalue weighted by molar-refractivity contribution is 5.74. The van der Waals surface area contributed by atoms with E-state index in [-0.39, 0.29) is 6.04 Å². The number of carbonyl (C=O) groups is 1. The summed E-state index contributed by atoms with van der Waals surface area (Å²) in [6, 6.07) is -0.805. The molecule has 0 spiro atoms. The van der Waals surface area contributed by atoms with Crippen molar-refractivity contribution >= 4 is 5.97 Å². The highest BCUT2D eigenvalue weighted by atomic mass is 16.4. The Morgan fingerprint density at radius 2 is 1.82 bits per heavy atom. The molecule has 1 unspecified atom stereocenters. The number of rotatable bonds is 4. The number of hydrogen-bond donors (Lipinski definition) is 3. The molecule has 0 bridgehead atoms. The predicted molar refractivity (Wildman–Crippen MR) is 41.4 cm³/mol. The first-order valence-electron chi connectivity index (χ1n) is 3.62. The van der Waals surface area contributed by atoms with Gasteiger partial charge in [0, 0.05) is 6.04 Å². The molecular weight excluding hydrogens is 146 g/mol. The van der Waals surface area contributed by atoms with E-state index in [1.165, 1.54) is 6.92 Å². The molecule has 0 aromatic heterocycles. The van der Waals surface area contributed by atoms with Crippen LogP contribution in [0.5, 0.6) is 0 Å². The van der Waals surface area contributed by atoms with Crippen LogP contribution >= 0.6 is 0 Å². The Morgan fingerprint density at radius 3 is 1.91 bits per heavy atom. The van der Waals surface area contributed by atoms with Crippen molar-refractivity contribution in [2.24, 2.45) is 0 Å². The molecule has 4 nitrogen and oxygen atoms in total. The summed E-state index contributed by atoms with van der Waals surface area (Å²) in [6.07, 6.45) is -0.866. The zero-order valence-electron chi connectivity index (χ0n) is 7.03. The lowest BCUT2D eigenvalue weighted by molar-refractivity contribution is -0.142. The molecule has 0 rings (SSSR count). The van der Waals surface area contributed by atoms with Crippen LogP contribution in [0.1, 0.15) is 20.8 Å². The zero-order valence-corrected chi connectivity index (χ0v) is 7.03. The van der Waals surface area contributed by atoms with E-state index in [9.17, 15) is 4.79 Å². The maximum Gasteiger partial charge on any atom is 0.323 e. The Hall–Kier alpha value is -0.610. The van der Waals surface area contributed by atoms with Crippen LogP contribution in [-0.2, 0) is 4.79 Å². The molecule has 0 saturated heterocycles. The van der Waals surface area contributed by atoms with E-state index >= 15 is 0 Å². The van der Waals surface area contributed by atoms with Crippen LogP contribution in [0.15, 0.2) is 0 Å². The van der Waals surface area contributed by atoms with E-state index in [1.54, 1.807) is 0 Å². The Kier molecular flexibility index (Phi) is 4.07. The van der Waals surface area contributed by atoms with E-state index in [2.05, 4.69) is 5.32 Å². The summed E-state index contributed by atoms with van der Waals surface area (Å²) in [5.74, 6) is -1.02. The fraction of sp³-hybridized carbons (Fsp3) is 0.857. The first-order valence-corrected chi connectivity index (χ1v) is 3.62. The Balaban J connectivity index is 4.01. The summed E-state index contributed by atoms with van der Waals surface area (Å²) >= 11 is 0. The number of nitrogens with one attached hydrogen (secondary N) is 1. The number of aliphatic carboxylic acids is 1. The third kappa shape index (κ3) is 3.95. The van der Waals surface area contributed by atoms with E-state index < -0.39 is 18.1 Å². The van der Waals surface area contributed by atoms with Crippen molar-refractivity contribution in [2.75, 3.05) is 0 Å². The molecule has 0 aliphatic heterocycles. The molecule has 11 heavy (non-hydrogen) atoms. The van der Waals surface area contributed by atoms with Crippen LogP contribution in [0, 0.1) is 0 Å². The van der Waals surface area contributed by atoms with Crippen molar-refractivity contribution in [2.45, 2.75) is 39.0 Å². The summed E-state index contributed by atoms with van der Waals surface area (Å²) in [4.78, 5) is 10.5. The highest BCUT2D eigenvalue weighted by Gasteiger charge is 2.22. The van der Waals surface area contributed by atoms with Crippen LogP contribution in [0.25, 0.3) is 0 Å². The number of carboxylic acid groups (broad SMARTS) is 1. The smallest absolute Gasteiger partial charge is 0.323 e. The highest BCUT2D eigenvalue weighted by Crippen LogP contribution is 1.94. The molecular formula is C7H15NO3. The standard InChI is InChI=1S/C7H15NO3/c1-4(2)8-6(5(3)9)7(10)11/h4-6,8-9H,1-3H3,(H,10,11)/t5-,6?/m0/s1. The van der Waals surface area contributed by atoms with Gasteiger partial charge in [-0.25, -0.2) is 0 Å². The third-order valence-corrected chi connectivity index (χ3v) is 1.26. The lowest BCUT2D eigenvalue weighted by Crippen LogP contribution is -2.47. The third-order valence-electron chi connectivity index (χ3n) is 1.26. The number of carboxylic acids is 1. The van der Waals surface area contributed by atoms with E-state index in [0.29, 0.717) is 0 Å². The zero-order chi connectivity index (χ0) is 9.02. The molecule has 0 fully saturated rings. The maximum absolute atomic E-state index is 10.5. The van der Waals surface area contributed by atoms with Gasteiger partial charge in [0.1, 0.15) is 6.04 Å². The minimum atomic E-state index is -1.02. The van der Waals surface area contributed by atoms with Crippen molar-refractivity contribution < 1.29 is 15.0 Å². The van der Waals surface area contributed by atoms with Gasteiger partial charge in [0.15, 0.2) is 0 Å². The largest absolute Gasteiger partial charge is 0.480 e. The Morgan fingerprint density at radius 1 is 1.36 bits per heavy atom. The number of aliphatic hydroxyl groups is 1. The maximum atomic E-state index is 10.5. The Labute approximate surface area is 66.2 Å². The van der Waals surface area contributed by atoms with Gasteiger partial charge in [-0.1, -0.05) is 13.8 Å². The second kappa shape index (κ2) is 4.31. The van der Waals surface area contributed by atoms with Crippen LogP contribution in [-0.4, -0.2) is 34.4 Å². The van der Waals surface area contributed by atoms with Gasteiger partial charge in [-0.05, 0) is 6.92 Å². The summed E-state index contributed by atoms with van der Waals surface area (Å²) in [6.45, 7) is 5.12. The SMILES string of the molecule is CC(C)NC(C(=O)O)[C@H](C)O. The van der Waals surface area contributed by atoms with Gasteiger partial charge >= 0.3 is 5.97 Å². The second-order valence-corrected chi connectivity index (χ2v) is 2.88. The van der Waals surface area contributed by atoms with Crippen molar-refractivity contribution in [1.29, 1.82) is 0 Å². The fourth-order valence-electron chi connectivity index (χ4n) is 0.776. The van der Waals surface area contributed by atoms with Gasteiger partial charge in [-0.3, -0.25) is 4.79 Å². The minimum absolute atomic E-state index is 0.0608. The summed E-state index contributed by atoms with van der Waals surface area (Å²) in [5.41, 5.74) is 0. The number of hydrogen-bond acceptors (Lipinski definition) is 3. The van der Waals surface area contributed by atoms with Crippen LogP contribution in [0.3, 0.4) is 0 Å². The fourth-order valence-corrected chi connectivity index (χ4v) is 0.776. The van der Waals surface area contributed by atoms with Crippen molar-refractivity contribution in [3.05, 3.63) is 0 Å². The van der Waals surface area contributed by atoms with Crippen molar-refractivity contribution in [1.82, 2.24) is 5.32 Å². The Bertz CT molecular complexity index is 134. The minimum Gasteiger partial charge on any atom is -0.480 e. The molecule has 0 aromatic rings. The van der Waals surface area contributed by atoms with Crippen molar-refractivity contribution in [3.63, 3.8) is 0 Å². The van der Waals surface area contributed by atoms with Gasteiger partial charge in [-0.2, -0.15) is 0 Å². The molecule has 4 heteroatoms. The lowest BCUT2D eigenvalue weighted by Gasteiger charge is -2.19. The second-order valence-electron chi connectivity index (χ2n) is 2.88. The first-order chi connectivity index (χ1) is 4.95. The van der Waals surface area contributed by atoms with Gasteiger partial charge in [0.05, 0.1) is 6.10 Å². The molecule has 2 atom stereocenters. The topological polar surface area (TPSA) is 69.6 Å². The quantitative estimate of drug-likeness (QED) is 0.535. The van der Waals surface area contributed by atoms with Crippen LogP contribution in [0.4, 0.5) is 0 Å². The molecule has 0 radical (unpaired) electrons. The average Bonchev–Trinajstić information content (AvgIpc) is 1.81. The molecule has 3 N–H and O–H groups in total. The van der Waals surface area contributed by atoms with Gasteiger partial charge in [-0.15, -0.1) is 0 Å². The molecule has 0 aliphatic rings. The molecule has 0 saturated carbocycles. The van der Waals surface area contributed by atoms with Gasteiger partial charge in [0.25, 0.3) is 0 Å². The van der Waals surface area contributed by atoms with E-state index in [0.717, 1.165) is 0 Å². The first kappa shape index (κ1) is 10.4. The summed E-state index contributed by atoms with van der Waals surface area (Å²) in [5, 5.41) is 20.3. The number of aliphatic hydroxyl groups excluding tert-OH is 1. The molecule has 0 aromatic carbocycles. The van der Waals surface area contributed by atoms with Crippen LogP contribution < -0.4 is 5.32 Å². The van der Waals surface area contributed by atoms with E-state index in [1.807, 2.05) is 13.8 Å². The van der Waals surface area contributed by atoms with Crippen molar-refractivity contribution in [3.8, 4) is 0 Å². The summed E-state index contributed by atoms with van der Waals surface area (Å²) in [7, 11) is 0. The predicted octanol–water partition coefficient (Wildman–Crippen LogP) is -0.182. The van der Waals surface area contributed by atoms with Crippen LogP contribution in [0.2, 0.25) is 0 Å².